The smallest absolute Gasteiger partial charge is 0.338 e. The van der Waals surface area contributed by atoms with Crippen LogP contribution >= 0.6 is 0 Å². The van der Waals surface area contributed by atoms with Crippen molar-refractivity contribution in [2.24, 2.45) is 5.41 Å². The third-order valence-electron chi connectivity index (χ3n) is 4.49. The third-order valence-corrected chi connectivity index (χ3v) is 4.49. The van der Waals surface area contributed by atoms with E-state index in [9.17, 15) is 9.90 Å². The molecule has 0 spiro atoms. The fourth-order valence-corrected chi connectivity index (χ4v) is 3.14. The molecule has 0 amide bonds. The number of aliphatic hydroxyl groups excluding tert-OH is 1. The third kappa shape index (κ3) is 4.05. The molecule has 0 atom stereocenters. The van der Waals surface area contributed by atoms with Crippen LogP contribution in [0.3, 0.4) is 0 Å². The lowest BCUT2D eigenvalue weighted by Gasteiger charge is -2.35. The predicted molar refractivity (Wildman–Crippen MR) is 82.1 cm³/mol. The van der Waals surface area contributed by atoms with E-state index in [1.54, 1.807) is 6.07 Å². The molecule has 2 N–H and O–H groups in total. The van der Waals surface area contributed by atoms with Crippen LogP contribution in [0, 0.1) is 5.41 Å². The van der Waals surface area contributed by atoms with Gasteiger partial charge in [-0.3, -0.25) is 0 Å². The molecule has 0 unspecified atom stereocenters. The number of esters is 1. The maximum Gasteiger partial charge on any atom is 0.338 e. The Kier molecular flexibility index (Phi) is 5.76. The Morgan fingerprint density at radius 2 is 2.00 bits per heavy atom. The minimum absolute atomic E-state index is 0.0124. The number of nitrogens with one attached hydrogen (secondary N) is 1. The van der Waals surface area contributed by atoms with Gasteiger partial charge in [0, 0.05) is 25.1 Å². The van der Waals surface area contributed by atoms with Crippen LogP contribution in [0.25, 0.3) is 0 Å². The molecule has 1 aromatic carbocycles. The molecule has 116 valence electrons. The molecule has 21 heavy (non-hydrogen) atoms. The molecule has 1 aliphatic rings. The lowest BCUT2D eigenvalue weighted by molar-refractivity contribution is 0.0598. The van der Waals surface area contributed by atoms with E-state index >= 15 is 0 Å². The normalized spacial score (nSPS) is 17.4. The summed E-state index contributed by atoms with van der Waals surface area (Å²) in [5.41, 5.74) is 1.56. The maximum absolute atomic E-state index is 11.7. The molecule has 1 aliphatic carbocycles. The first-order valence-corrected chi connectivity index (χ1v) is 7.68. The standard InChI is InChI=1S/C17H25NO3/c1-21-16(20)15-8-4-3-7-14(15)11-18-12-17(13-19)9-5-2-6-10-17/h3-4,7-8,18-19H,2,5-6,9-13H2,1H3. The van der Waals surface area contributed by atoms with E-state index < -0.39 is 0 Å². The van der Waals surface area contributed by atoms with Crippen LogP contribution in [0.15, 0.2) is 24.3 Å². The summed E-state index contributed by atoms with van der Waals surface area (Å²) in [5.74, 6) is -0.304. The molecule has 4 heteroatoms. The van der Waals surface area contributed by atoms with Gasteiger partial charge in [0.15, 0.2) is 0 Å². The van der Waals surface area contributed by atoms with Gasteiger partial charge in [-0.05, 0) is 24.5 Å². The Hall–Kier alpha value is -1.39. The van der Waals surface area contributed by atoms with Gasteiger partial charge in [0.2, 0.25) is 0 Å². The first-order valence-electron chi connectivity index (χ1n) is 7.68. The Bertz CT molecular complexity index is 467. The van der Waals surface area contributed by atoms with Gasteiger partial charge in [-0.25, -0.2) is 4.79 Å². The van der Waals surface area contributed by atoms with Crippen molar-refractivity contribution in [1.29, 1.82) is 0 Å². The van der Waals surface area contributed by atoms with E-state index in [1.165, 1.54) is 26.4 Å². The van der Waals surface area contributed by atoms with Crippen LogP contribution in [-0.4, -0.2) is 31.3 Å². The monoisotopic (exact) mass is 291 g/mol. The number of benzene rings is 1. The van der Waals surface area contributed by atoms with Crippen LogP contribution in [0.4, 0.5) is 0 Å². The number of carbonyl (C=O) groups excluding carboxylic acids is 1. The van der Waals surface area contributed by atoms with Crippen molar-refractivity contribution >= 4 is 5.97 Å². The number of hydrogen-bond acceptors (Lipinski definition) is 4. The lowest BCUT2D eigenvalue weighted by Crippen LogP contribution is -2.39. The molecule has 0 aliphatic heterocycles. The minimum atomic E-state index is -0.304. The summed E-state index contributed by atoms with van der Waals surface area (Å²) in [6, 6.07) is 7.48. The number of carbonyl (C=O) groups is 1. The lowest BCUT2D eigenvalue weighted by atomic mass is 9.74. The molecule has 1 fully saturated rings. The molecule has 0 aromatic heterocycles. The highest BCUT2D eigenvalue weighted by Gasteiger charge is 2.30. The Morgan fingerprint density at radius 1 is 1.29 bits per heavy atom. The first-order chi connectivity index (χ1) is 10.2. The van der Waals surface area contributed by atoms with Crippen molar-refractivity contribution in [2.75, 3.05) is 20.3 Å². The summed E-state index contributed by atoms with van der Waals surface area (Å²) in [7, 11) is 1.40. The SMILES string of the molecule is COC(=O)c1ccccc1CNCC1(CO)CCCCC1. The van der Waals surface area contributed by atoms with Crippen molar-refractivity contribution in [3.63, 3.8) is 0 Å². The molecule has 1 saturated carbocycles. The van der Waals surface area contributed by atoms with Crippen LogP contribution in [0.5, 0.6) is 0 Å². The summed E-state index contributed by atoms with van der Waals surface area (Å²) >= 11 is 0. The number of ether oxygens (including phenoxy) is 1. The van der Waals surface area contributed by atoms with E-state index in [0.717, 1.165) is 24.9 Å². The Morgan fingerprint density at radius 3 is 2.67 bits per heavy atom. The van der Waals surface area contributed by atoms with Crippen molar-refractivity contribution in [1.82, 2.24) is 5.32 Å². The number of hydrogen-bond donors (Lipinski definition) is 2. The van der Waals surface area contributed by atoms with E-state index in [2.05, 4.69) is 5.32 Å². The van der Waals surface area contributed by atoms with Gasteiger partial charge in [0.25, 0.3) is 0 Å². The molecule has 0 saturated heterocycles. The molecular formula is C17H25NO3. The van der Waals surface area contributed by atoms with Crippen LogP contribution < -0.4 is 5.32 Å². The van der Waals surface area contributed by atoms with Gasteiger partial charge in [-0.15, -0.1) is 0 Å². The summed E-state index contributed by atoms with van der Waals surface area (Å²) in [6.07, 6.45) is 5.82. The number of rotatable bonds is 6. The second kappa shape index (κ2) is 7.57. The van der Waals surface area contributed by atoms with Crippen molar-refractivity contribution < 1.29 is 14.6 Å². The highest BCUT2D eigenvalue weighted by atomic mass is 16.5. The van der Waals surface area contributed by atoms with Crippen molar-refractivity contribution in [2.45, 2.75) is 38.6 Å². The molecule has 1 aromatic rings. The van der Waals surface area contributed by atoms with Crippen molar-refractivity contribution in [3.8, 4) is 0 Å². The minimum Gasteiger partial charge on any atom is -0.465 e. The zero-order valence-electron chi connectivity index (χ0n) is 12.7. The van der Waals surface area contributed by atoms with Crippen molar-refractivity contribution in [3.05, 3.63) is 35.4 Å². The van der Waals surface area contributed by atoms with Gasteiger partial charge < -0.3 is 15.2 Å². The highest BCUT2D eigenvalue weighted by Crippen LogP contribution is 2.35. The molecule has 4 nitrogen and oxygen atoms in total. The van der Waals surface area contributed by atoms with E-state index in [-0.39, 0.29) is 18.0 Å². The van der Waals surface area contributed by atoms with E-state index in [1.807, 2.05) is 18.2 Å². The molecular weight excluding hydrogens is 266 g/mol. The first kappa shape index (κ1) is 16.0. The zero-order chi connectivity index (χ0) is 15.1. The zero-order valence-corrected chi connectivity index (χ0v) is 12.7. The van der Waals surface area contributed by atoms with Gasteiger partial charge >= 0.3 is 5.97 Å². The van der Waals surface area contributed by atoms with Crippen LogP contribution in [0.2, 0.25) is 0 Å². The Labute approximate surface area is 126 Å². The number of methoxy groups -OCH3 is 1. The highest BCUT2D eigenvalue weighted by molar-refractivity contribution is 5.90. The van der Waals surface area contributed by atoms with Crippen LogP contribution in [-0.2, 0) is 11.3 Å². The summed E-state index contributed by atoms with van der Waals surface area (Å²) in [4.78, 5) is 11.7. The second-order valence-electron chi connectivity index (χ2n) is 5.97. The summed E-state index contributed by atoms with van der Waals surface area (Å²) in [6.45, 7) is 1.64. The van der Waals surface area contributed by atoms with E-state index in [4.69, 9.17) is 4.74 Å². The average Bonchev–Trinajstić information content (AvgIpc) is 2.55. The van der Waals surface area contributed by atoms with Gasteiger partial charge in [-0.1, -0.05) is 37.5 Å². The fourth-order valence-electron chi connectivity index (χ4n) is 3.14. The topological polar surface area (TPSA) is 58.6 Å². The molecule has 0 bridgehead atoms. The van der Waals surface area contributed by atoms with E-state index in [0.29, 0.717) is 12.1 Å². The molecule has 0 heterocycles. The molecule has 2 rings (SSSR count). The maximum atomic E-state index is 11.7. The van der Waals surface area contributed by atoms with Gasteiger partial charge in [0.1, 0.15) is 0 Å². The molecule has 0 radical (unpaired) electrons. The predicted octanol–water partition coefficient (Wildman–Crippen LogP) is 2.51. The summed E-state index contributed by atoms with van der Waals surface area (Å²) < 4.78 is 4.81. The average molecular weight is 291 g/mol. The number of aliphatic hydroxyl groups is 1. The Balaban J connectivity index is 1.95. The quantitative estimate of drug-likeness (QED) is 0.791. The largest absolute Gasteiger partial charge is 0.465 e. The second-order valence-corrected chi connectivity index (χ2v) is 5.97. The summed E-state index contributed by atoms with van der Waals surface area (Å²) in [5, 5.41) is 13.1. The van der Waals surface area contributed by atoms with Gasteiger partial charge in [-0.2, -0.15) is 0 Å². The van der Waals surface area contributed by atoms with Crippen LogP contribution in [0.1, 0.15) is 48.0 Å². The van der Waals surface area contributed by atoms with Gasteiger partial charge in [0.05, 0.1) is 12.7 Å². The fraction of sp³-hybridized carbons (Fsp3) is 0.588.